The highest BCUT2D eigenvalue weighted by molar-refractivity contribution is 9.10. The fourth-order valence-electron chi connectivity index (χ4n) is 1.31. The van der Waals surface area contributed by atoms with Crippen LogP contribution >= 0.6 is 27.7 Å². The Bertz CT molecular complexity index is 331. The van der Waals surface area contributed by atoms with Gasteiger partial charge < -0.3 is 10.5 Å². The molecule has 0 aliphatic carbocycles. The molecular formula is C12H18BrNOS. The topological polar surface area (TPSA) is 35.2 Å². The van der Waals surface area contributed by atoms with Crippen molar-refractivity contribution >= 4 is 27.7 Å². The molecule has 4 heteroatoms. The van der Waals surface area contributed by atoms with E-state index >= 15 is 0 Å². The molecule has 2 N–H and O–H groups in total. The molecule has 2 nitrogen and oxygen atoms in total. The summed E-state index contributed by atoms with van der Waals surface area (Å²) in [6.07, 6.45) is 1.06. The minimum atomic E-state index is 0.289. The summed E-state index contributed by atoms with van der Waals surface area (Å²) in [5, 5.41) is 0. The summed E-state index contributed by atoms with van der Waals surface area (Å²) in [4.78, 5) is 0. The first-order chi connectivity index (χ1) is 7.63. The van der Waals surface area contributed by atoms with E-state index in [9.17, 15) is 0 Å². The molecule has 0 aliphatic rings. The maximum Gasteiger partial charge on any atom is 0.122 e. The molecule has 0 fully saturated rings. The SMILES string of the molecule is COc1ccc(Br)cc1CSCCC(C)N. The molecule has 1 aromatic rings. The molecule has 0 spiro atoms. The molecule has 0 radical (unpaired) electrons. The predicted molar refractivity (Wildman–Crippen MR) is 75.1 cm³/mol. The molecule has 0 aromatic heterocycles. The first kappa shape index (κ1) is 13.9. The smallest absolute Gasteiger partial charge is 0.122 e. The molecule has 1 rings (SSSR count). The maximum atomic E-state index is 5.71. The summed E-state index contributed by atoms with van der Waals surface area (Å²) < 4.78 is 6.41. The van der Waals surface area contributed by atoms with Crippen LogP contribution in [0.4, 0.5) is 0 Å². The van der Waals surface area contributed by atoms with Crippen LogP contribution in [0.2, 0.25) is 0 Å². The van der Waals surface area contributed by atoms with Crippen LogP contribution in [0.3, 0.4) is 0 Å². The zero-order valence-electron chi connectivity index (χ0n) is 9.70. The Morgan fingerprint density at radius 3 is 2.88 bits per heavy atom. The molecule has 0 aliphatic heterocycles. The monoisotopic (exact) mass is 303 g/mol. The Kier molecular flexibility index (Phi) is 6.24. The van der Waals surface area contributed by atoms with Gasteiger partial charge in [0.15, 0.2) is 0 Å². The van der Waals surface area contributed by atoms with Crippen LogP contribution in [0.1, 0.15) is 18.9 Å². The van der Waals surface area contributed by atoms with Crippen LogP contribution in [-0.2, 0) is 5.75 Å². The fourth-order valence-corrected chi connectivity index (χ4v) is 2.85. The van der Waals surface area contributed by atoms with Crippen LogP contribution in [0, 0.1) is 0 Å². The Morgan fingerprint density at radius 2 is 2.25 bits per heavy atom. The Morgan fingerprint density at radius 1 is 1.50 bits per heavy atom. The largest absolute Gasteiger partial charge is 0.496 e. The summed E-state index contributed by atoms with van der Waals surface area (Å²) >= 11 is 5.36. The first-order valence-corrected chi connectivity index (χ1v) is 7.24. The van der Waals surface area contributed by atoms with Gasteiger partial charge in [0.1, 0.15) is 5.75 Å². The summed E-state index contributed by atoms with van der Waals surface area (Å²) in [7, 11) is 1.71. The van der Waals surface area contributed by atoms with Crippen molar-refractivity contribution in [3.05, 3.63) is 28.2 Å². The molecule has 0 heterocycles. The van der Waals surface area contributed by atoms with Gasteiger partial charge in [-0.15, -0.1) is 0 Å². The lowest BCUT2D eigenvalue weighted by Gasteiger charge is -2.09. The van der Waals surface area contributed by atoms with Gasteiger partial charge in [0, 0.05) is 21.8 Å². The minimum Gasteiger partial charge on any atom is -0.496 e. The van der Waals surface area contributed by atoms with Gasteiger partial charge in [-0.05, 0) is 37.3 Å². The fraction of sp³-hybridized carbons (Fsp3) is 0.500. The highest BCUT2D eigenvalue weighted by atomic mass is 79.9. The molecule has 0 amide bonds. The molecule has 90 valence electrons. The van der Waals surface area contributed by atoms with E-state index in [4.69, 9.17) is 10.5 Å². The van der Waals surface area contributed by atoms with Gasteiger partial charge in [0.05, 0.1) is 7.11 Å². The van der Waals surface area contributed by atoms with Gasteiger partial charge >= 0.3 is 0 Å². The zero-order valence-corrected chi connectivity index (χ0v) is 12.1. The third kappa shape index (κ3) is 4.76. The van der Waals surface area contributed by atoms with Crippen molar-refractivity contribution in [2.24, 2.45) is 5.73 Å². The molecular weight excluding hydrogens is 286 g/mol. The highest BCUT2D eigenvalue weighted by Gasteiger charge is 2.04. The average molecular weight is 304 g/mol. The van der Waals surface area contributed by atoms with E-state index in [1.807, 2.05) is 30.8 Å². The van der Waals surface area contributed by atoms with Gasteiger partial charge in [-0.3, -0.25) is 0 Å². The van der Waals surface area contributed by atoms with E-state index in [1.165, 1.54) is 5.56 Å². The van der Waals surface area contributed by atoms with Gasteiger partial charge in [-0.25, -0.2) is 0 Å². The zero-order chi connectivity index (χ0) is 12.0. The number of halogens is 1. The van der Waals surface area contributed by atoms with E-state index in [0.29, 0.717) is 0 Å². The Hall–Kier alpha value is -0.190. The third-order valence-electron chi connectivity index (χ3n) is 2.22. The van der Waals surface area contributed by atoms with Crippen LogP contribution in [0.5, 0.6) is 5.75 Å². The summed E-state index contributed by atoms with van der Waals surface area (Å²) in [5.74, 6) is 3.01. The average Bonchev–Trinajstić information content (AvgIpc) is 2.24. The number of thioether (sulfide) groups is 1. The van der Waals surface area contributed by atoms with Gasteiger partial charge in [0.25, 0.3) is 0 Å². The van der Waals surface area contributed by atoms with Crippen LogP contribution in [0.25, 0.3) is 0 Å². The number of ether oxygens (including phenoxy) is 1. The molecule has 1 unspecified atom stereocenters. The molecule has 1 aromatic carbocycles. The van der Waals surface area contributed by atoms with Crippen LogP contribution in [-0.4, -0.2) is 18.9 Å². The minimum absolute atomic E-state index is 0.289. The molecule has 0 bridgehead atoms. The van der Waals surface area contributed by atoms with Crippen molar-refractivity contribution in [1.29, 1.82) is 0 Å². The molecule has 0 saturated carbocycles. The second-order valence-electron chi connectivity index (χ2n) is 3.77. The second-order valence-corrected chi connectivity index (χ2v) is 5.80. The Labute approximate surface area is 110 Å². The van der Waals surface area contributed by atoms with E-state index in [2.05, 4.69) is 22.0 Å². The summed E-state index contributed by atoms with van der Waals surface area (Å²) in [5.41, 5.74) is 6.93. The lowest BCUT2D eigenvalue weighted by Crippen LogP contribution is -2.15. The summed E-state index contributed by atoms with van der Waals surface area (Å²) in [6.45, 7) is 2.04. The van der Waals surface area contributed by atoms with E-state index in [-0.39, 0.29) is 6.04 Å². The maximum absolute atomic E-state index is 5.71. The number of methoxy groups -OCH3 is 1. The summed E-state index contributed by atoms with van der Waals surface area (Å²) in [6, 6.07) is 6.38. The molecule has 16 heavy (non-hydrogen) atoms. The van der Waals surface area contributed by atoms with Crippen molar-refractivity contribution in [3.63, 3.8) is 0 Å². The van der Waals surface area contributed by atoms with E-state index in [0.717, 1.165) is 28.1 Å². The number of nitrogens with two attached hydrogens (primary N) is 1. The molecule has 0 saturated heterocycles. The van der Waals surface area contributed by atoms with Crippen molar-refractivity contribution < 1.29 is 4.74 Å². The van der Waals surface area contributed by atoms with E-state index < -0.39 is 0 Å². The standard InChI is InChI=1S/C12H18BrNOS/c1-9(14)5-6-16-8-10-7-11(13)3-4-12(10)15-2/h3-4,7,9H,5-6,8,14H2,1-2H3. The Balaban J connectivity index is 2.48. The quantitative estimate of drug-likeness (QED) is 0.818. The highest BCUT2D eigenvalue weighted by Crippen LogP contribution is 2.26. The second kappa shape index (κ2) is 7.20. The first-order valence-electron chi connectivity index (χ1n) is 5.29. The number of hydrogen-bond donors (Lipinski definition) is 1. The number of rotatable bonds is 6. The van der Waals surface area contributed by atoms with Gasteiger partial charge in [0.2, 0.25) is 0 Å². The van der Waals surface area contributed by atoms with Crippen LogP contribution < -0.4 is 10.5 Å². The van der Waals surface area contributed by atoms with Gasteiger partial charge in [-0.2, -0.15) is 11.8 Å². The van der Waals surface area contributed by atoms with E-state index in [1.54, 1.807) is 7.11 Å². The number of benzene rings is 1. The lowest BCUT2D eigenvalue weighted by molar-refractivity contribution is 0.411. The lowest BCUT2D eigenvalue weighted by atomic mass is 10.2. The van der Waals surface area contributed by atoms with Crippen molar-refractivity contribution in [1.82, 2.24) is 0 Å². The van der Waals surface area contributed by atoms with Crippen molar-refractivity contribution in [2.75, 3.05) is 12.9 Å². The number of hydrogen-bond acceptors (Lipinski definition) is 3. The third-order valence-corrected chi connectivity index (χ3v) is 3.75. The molecule has 1 atom stereocenters. The van der Waals surface area contributed by atoms with Crippen molar-refractivity contribution in [3.8, 4) is 5.75 Å². The van der Waals surface area contributed by atoms with Crippen LogP contribution in [0.15, 0.2) is 22.7 Å². The normalized spacial score (nSPS) is 12.5. The van der Waals surface area contributed by atoms with Gasteiger partial charge in [-0.1, -0.05) is 15.9 Å². The predicted octanol–water partition coefficient (Wildman–Crippen LogP) is 3.43. The van der Waals surface area contributed by atoms with Crippen molar-refractivity contribution in [2.45, 2.75) is 25.1 Å².